The number of allylic oxidation sites excluding steroid dienone is 1. The average molecular weight is 513 g/mol. The molecule has 2 heteroatoms. The van der Waals surface area contributed by atoms with Crippen molar-refractivity contribution < 1.29 is 8.83 Å². The van der Waals surface area contributed by atoms with Gasteiger partial charge in [-0.2, -0.15) is 0 Å². The summed E-state index contributed by atoms with van der Waals surface area (Å²) in [5.41, 5.74) is 10.8. The van der Waals surface area contributed by atoms with Crippen LogP contribution in [-0.4, -0.2) is 0 Å². The molecule has 6 aromatic carbocycles. The molecule has 1 aliphatic rings. The van der Waals surface area contributed by atoms with Crippen LogP contribution in [0, 0.1) is 0 Å². The van der Waals surface area contributed by atoms with Crippen LogP contribution in [0.2, 0.25) is 0 Å². The highest BCUT2D eigenvalue weighted by Gasteiger charge is 2.18. The Labute approximate surface area is 230 Å². The zero-order valence-corrected chi connectivity index (χ0v) is 21.8. The van der Waals surface area contributed by atoms with Gasteiger partial charge in [-0.3, -0.25) is 0 Å². The summed E-state index contributed by atoms with van der Waals surface area (Å²) in [6.07, 6.45) is 6.67. The minimum Gasteiger partial charge on any atom is -0.455 e. The summed E-state index contributed by atoms with van der Waals surface area (Å²) in [6.45, 7) is 0. The Balaban J connectivity index is 1.24. The molecule has 0 radical (unpaired) electrons. The van der Waals surface area contributed by atoms with Crippen LogP contribution in [0.1, 0.15) is 17.5 Å². The first-order valence-corrected chi connectivity index (χ1v) is 13.9. The molecule has 0 bridgehead atoms. The summed E-state index contributed by atoms with van der Waals surface area (Å²) in [4.78, 5) is 0. The molecule has 0 fully saturated rings. The highest BCUT2D eigenvalue weighted by molar-refractivity contribution is 6.18. The quantitative estimate of drug-likeness (QED) is 0.230. The fourth-order valence-electron chi connectivity index (χ4n) is 6.50. The van der Waals surface area contributed by atoms with Crippen molar-refractivity contribution in [2.24, 2.45) is 0 Å². The molecular formula is C38H24O2. The highest BCUT2D eigenvalue weighted by Crippen LogP contribution is 2.42. The highest BCUT2D eigenvalue weighted by atomic mass is 16.3. The van der Waals surface area contributed by atoms with Crippen molar-refractivity contribution in [2.75, 3.05) is 0 Å². The lowest BCUT2D eigenvalue weighted by molar-refractivity contribution is 0.657. The van der Waals surface area contributed by atoms with E-state index in [2.05, 4.69) is 121 Å². The van der Waals surface area contributed by atoms with E-state index in [4.69, 9.17) is 8.83 Å². The first kappa shape index (κ1) is 21.8. The third kappa shape index (κ3) is 3.17. The van der Waals surface area contributed by atoms with E-state index < -0.39 is 0 Å². The summed E-state index contributed by atoms with van der Waals surface area (Å²) in [6, 6.07) is 39.1. The van der Waals surface area contributed by atoms with Crippen molar-refractivity contribution in [3.63, 3.8) is 0 Å². The molecule has 0 saturated heterocycles. The number of aryl methyl sites for hydroxylation is 1. The second kappa shape index (κ2) is 8.21. The van der Waals surface area contributed by atoms with Gasteiger partial charge in [0, 0.05) is 38.7 Å². The number of benzene rings is 6. The Morgan fingerprint density at radius 2 is 1.18 bits per heavy atom. The van der Waals surface area contributed by atoms with Gasteiger partial charge in [-0.25, -0.2) is 0 Å². The third-order valence-electron chi connectivity index (χ3n) is 8.51. The van der Waals surface area contributed by atoms with E-state index in [-0.39, 0.29) is 0 Å². The first-order chi connectivity index (χ1) is 19.8. The summed E-state index contributed by atoms with van der Waals surface area (Å²) >= 11 is 0. The molecule has 0 amide bonds. The number of rotatable bonds is 2. The monoisotopic (exact) mass is 512 g/mol. The second-order valence-corrected chi connectivity index (χ2v) is 10.8. The van der Waals surface area contributed by atoms with Gasteiger partial charge in [0.2, 0.25) is 0 Å². The van der Waals surface area contributed by atoms with E-state index >= 15 is 0 Å². The van der Waals surface area contributed by atoms with Crippen LogP contribution < -0.4 is 0 Å². The molecule has 2 aromatic heterocycles. The molecule has 0 saturated carbocycles. The second-order valence-electron chi connectivity index (χ2n) is 10.8. The summed E-state index contributed by atoms with van der Waals surface area (Å²) < 4.78 is 13.1. The zero-order valence-electron chi connectivity index (χ0n) is 21.8. The summed E-state index contributed by atoms with van der Waals surface area (Å²) in [5, 5.41) is 6.94. The standard InChI is InChI=1S/C38H24O2/c1-3-9-25-19-27(17-15-23(25)7-1)29-11-5-13-31-33-21-34-32-14-6-12-30(28-18-16-24-8-2-4-10-26(24)20-28)38(32)40-36(34)22-35(33)39-37(29)31/h1-3,5-9,11-22H,4,10H2. The minimum absolute atomic E-state index is 0.844. The van der Waals surface area contributed by atoms with Gasteiger partial charge in [0.05, 0.1) is 0 Å². The fourth-order valence-corrected chi connectivity index (χ4v) is 6.50. The summed E-state index contributed by atoms with van der Waals surface area (Å²) in [7, 11) is 0. The van der Waals surface area contributed by atoms with E-state index in [1.807, 2.05) is 0 Å². The van der Waals surface area contributed by atoms with E-state index in [1.54, 1.807) is 0 Å². The Morgan fingerprint density at radius 1 is 0.500 bits per heavy atom. The first-order valence-electron chi connectivity index (χ1n) is 13.9. The normalized spacial score (nSPS) is 13.2. The molecular weight excluding hydrogens is 488 g/mol. The Kier molecular flexibility index (Phi) is 4.48. The van der Waals surface area contributed by atoms with Gasteiger partial charge >= 0.3 is 0 Å². The molecule has 40 heavy (non-hydrogen) atoms. The Hall–Kier alpha value is -5.08. The lowest BCUT2D eigenvalue weighted by Crippen LogP contribution is -1.94. The smallest absolute Gasteiger partial charge is 0.143 e. The molecule has 0 atom stereocenters. The number of hydrogen-bond acceptors (Lipinski definition) is 2. The van der Waals surface area contributed by atoms with Crippen molar-refractivity contribution in [1.82, 2.24) is 0 Å². The molecule has 0 unspecified atom stereocenters. The molecule has 0 spiro atoms. The maximum atomic E-state index is 6.58. The zero-order chi connectivity index (χ0) is 26.2. The molecule has 2 heterocycles. The third-order valence-corrected chi connectivity index (χ3v) is 8.51. The van der Waals surface area contributed by atoms with Crippen LogP contribution in [0.15, 0.2) is 124 Å². The average Bonchev–Trinajstić information content (AvgIpc) is 3.56. The van der Waals surface area contributed by atoms with Crippen molar-refractivity contribution in [1.29, 1.82) is 0 Å². The lowest BCUT2D eigenvalue weighted by atomic mass is 9.92. The SMILES string of the molecule is C1=Cc2ccc(-c3cccc4c3oc3cc5oc6c(-c7ccc8ccccc8c7)cccc6c5cc34)cc2CC1. The maximum absolute atomic E-state index is 6.58. The van der Waals surface area contributed by atoms with Gasteiger partial charge in [-0.05, 0) is 58.0 Å². The molecule has 188 valence electrons. The van der Waals surface area contributed by atoms with Gasteiger partial charge in [-0.1, -0.05) is 103 Å². The largest absolute Gasteiger partial charge is 0.455 e. The van der Waals surface area contributed by atoms with Gasteiger partial charge < -0.3 is 8.83 Å². The van der Waals surface area contributed by atoms with Gasteiger partial charge in [-0.15, -0.1) is 0 Å². The topological polar surface area (TPSA) is 26.3 Å². The van der Waals surface area contributed by atoms with Crippen LogP contribution in [0.25, 0.3) is 83.0 Å². The molecule has 0 N–H and O–H groups in total. The van der Waals surface area contributed by atoms with E-state index in [0.29, 0.717) is 0 Å². The minimum atomic E-state index is 0.844. The van der Waals surface area contributed by atoms with Crippen LogP contribution in [0.5, 0.6) is 0 Å². The van der Waals surface area contributed by atoms with Crippen molar-refractivity contribution in [2.45, 2.75) is 12.8 Å². The van der Waals surface area contributed by atoms with Crippen molar-refractivity contribution in [3.05, 3.63) is 126 Å². The molecule has 2 nitrogen and oxygen atoms in total. The number of hydrogen-bond donors (Lipinski definition) is 0. The number of furan rings is 2. The van der Waals surface area contributed by atoms with Crippen LogP contribution in [0.4, 0.5) is 0 Å². The van der Waals surface area contributed by atoms with E-state index in [0.717, 1.165) is 73.4 Å². The molecule has 1 aliphatic carbocycles. The predicted molar refractivity (Wildman–Crippen MR) is 167 cm³/mol. The van der Waals surface area contributed by atoms with Crippen molar-refractivity contribution in [3.8, 4) is 22.3 Å². The lowest BCUT2D eigenvalue weighted by Gasteiger charge is -2.12. The van der Waals surface area contributed by atoms with Crippen LogP contribution in [0.3, 0.4) is 0 Å². The summed E-state index contributed by atoms with van der Waals surface area (Å²) in [5.74, 6) is 0. The van der Waals surface area contributed by atoms with E-state index in [9.17, 15) is 0 Å². The molecule has 0 aliphatic heterocycles. The van der Waals surface area contributed by atoms with Crippen molar-refractivity contribution >= 4 is 60.7 Å². The number of para-hydroxylation sites is 2. The van der Waals surface area contributed by atoms with E-state index in [1.165, 1.54) is 27.5 Å². The van der Waals surface area contributed by atoms with Crippen LogP contribution >= 0.6 is 0 Å². The predicted octanol–water partition coefficient (Wildman–Crippen LogP) is 10.9. The Morgan fingerprint density at radius 3 is 1.93 bits per heavy atom. The maximum Gasteiger partial charge on any atom is 0.143 e. The fraction of sp³-hybridized carbons (Fsp3) is 0.0526. The van der Waals surface area contributed by atoms with Gasteiger partial charge in [0.1, 0.15) is 22.3 Å². The van der Waals surface area contributed by atoms with Crippen LogP contribution in [-0.2, 0) is 6.42 Å². The molecule has 9 rings (SSSR count). The van der Waals surface area contributed by atoms with Gasteiger partial charge in [0.15, 0.2) is 0 Å². The molecule has 8 aromatic rings. The van der Waals surface area contributed by atoms with Gasteiger partial charge in [0.25, 0.3) is 0 Å². The Bertz CT molecular complexity index is 2330. The number of fused-ring (bicyclic) bond motifs is 8.